The van der Waals surface area contributed by atoms with E-state index in [4.69, 9.17) is 9.47 Å². The number of unbranched alkanes of at least 4 members (excludes halogenated alkanes) is 1. The van der Waals surface area contributed by atoms with Gasteiger partial charge in [-0.1, -0.05) is 66.2 Å². The first-order chi connectivity index (χ1) is 24.7. The van der Waals surface area contributed by atoms with Crippen molar-refractivity contribution in [3.63, 3.8) is 0 Å². The van der Waals surface area contributed by atoms with E-state index in [0.29, 0.717) is 41.4 Å². The Morgan fingerprint density at radius 2 is 1.63 bits per heavy atom. The van der Waals surface area contributed by atoms with Gasteiger partial charge in [0.15, 0.2) is 10.6 Å². The van der Waals surface area contributed by atoms with Crippen LogP contribution in [0.15, 0.2) is 90.2 Å². The van der Waals surface area contributed by atoms with Gasteiger partial charge in [-0.3, -0.25) is 4.79 Å². The van der Waals surface area contributed by atoms with Crippen LogP contribution in [0.2, 0.25) is 0 Å². The predicted molar refractivity (Wildman–Crippen MR) is 212 cm³/mol. The maximum Gasteiger partial charge on any atom is 0.248 e. The molecular formula is C42H56N4O4S. The Bertz CT molecular complexity index is 1640. The lowest BCUT2D eigenvalue weighted by atomic mass is 9.99. The molecule has 1 amide bonds. The number of amides is 1. The second kappa shape index (κ2) is 20.7. The summed E-state index contributed by atoms with van der Waals surface area (Å²) in [6, 6.07) is 21.8. The lowest BCUT2D eigenvalue weighted by Gasteiger charge is -2.30. The lowest BCUT2D eigenvalue weighted by Crippen LogP contribution is -2.31. The van der Waals surface area contributed by atoms with Crippen LogP contribution in [0.1, 0.15) is 72.1 Å². The van der Waals surface area contributed by atoms with Gasteiger partial charge >= 0.3 is 0 Å². The Labute approximate surface area is 308 Å². The highest BCUT2D eigenvalue weighted by Crippen LogP contribution is 2.31. The molecule has 4 rings (SSSR count). The van der Waals surface area contributed by atoms with E-state index < -0.39 is 11.2 Å². The number of anilines is 2. The highest BCUT2D eigenvalue weighted by Gasteiger charge is 2.17. The van der Waals surface area contributed by atoms with Crippen molar-refractivity contribution >= 4 is 34.5 Å². The molecule has 8 nitrogen and oxygen atoms in total. The molecule has 1 heterocycles. The second-order valence-corrected chi connectivity index (χ2v) is 15.2. The zero-order chi connectivity index (χ0) is 36.6. The van der Waals surface area contributed by atoms with Crippen LogP contribution in [0.4, 0.5) is 11.4 Å². The standard InChI is InChI=1S/C42H56N4O4S/c1-7-9-23-49-24-25-50-39-16-10-34(11-17-39)35-12-20-41(46(28-32(3)4)29-33(5)6)36(26-35)13-21-42(47)44-37-14-18-40(19-15-37)51(48)30-38-27-43-31-45(38)22-8-2/h10-21,26-27,31-33H,7-9,22-25,28-30H2,1-6H3,(H,44,47)/b21-13+/t51-/m0/s1. The molecule has 0 aliphatic rings. The zero-order valence-electron chi connectivity index (χ0n) is 31.3. The number of nitrogens with zero attached hydrogens (tertiary/aromatic N) is 3. The Balaban J connectivity index is 1.48. The largest absolute Gasteiger partial charge is 0.611 e. The molecule has 0 aliphatic carbocycles. The molecule has 4 aromatic rings. The van der Waals surface area contributed by atoms with Gasteiger partial charge in [-0.25, -0.2) is 4.98 Å². The first-order valence-electron chi connectivity index (χ1n) is 18.3. The van der Waals surface area contributed by atoms with Crippen LogP contribution in [0.25, 0.3) is 17.2 Å². The molecule has 1 N–H and O–H groups in total. The number of rotatable bonds is 21. The van der Waals surface area contributed by atoms with Crippen LogP contribution >= 0.6 is 0 Å². The number of imidazole rings is 1. The van der Waals surface area contributed by atoms with Crippen molar-refractivity contribution in [1.82, 2.24) is 9.55 Å². The maximum absolute atomic E-state index is 13.2. The number of carbonyl (C=O) groups excluding carboxylic acids is 1. The van der Waals surface area contributed by atoms with Gasteiger partial charge in [0.1, 0.15) is 12.4 Å². The minimum atomic E-state index is -1.22. The Hall–Kier alpha value is -4.05. The third-order valence-corrected chi connectivity index (χ3v) is 9.56. The summed E-state index contributed by atoms with van der Waals surface area (Å²) in [6.07, 6.45) is 10.2. The van der Waals surface area contributed by atoms with Crippen LogP contribution < -0.4 is 15.0 Å². The highest BCUT2D eigenvalue weighted by atomic mass is 32.2. The van der Waals surface area contributed by atoms with E-state index >= 15 is 0 Å². The Morgan fingerprint density at radius 1 is 0.922 bits per heavy atom. The summed E-state index contributed by atoms with van der Waals surface area (Å²) in [6.45, 7) is 17.7. The molecule has 0 radical (unpaired) electrons. The smallest absolute Gasteiger partial charge is 0.248 e. The summed E-state index contributed by atoms with van der Waals surface area (Å²) >= 11 is -1.22. The van der Waals surface area contributed by atoms with Crippen molar-refractivity contribution in [3.05, 3.63) is 96.6 Å². The second-order valence-electron chi connectivity index (χ2n) is 13.7. The molecule has 1 atom stereocenters. The number of nitrogens with one attached hydrogen (secondary N) is 1. The molecule has 9 heteroatoms. The fourth-order valence-electron chi connectivity index (χ4n) is 5.79. The predicted octanol–water partition coefficient (Wildman–Crippen LogP) is 9.23. The zero-order valence-corrected chi connectivity index (χ0v) is 32.1. The molecule has 274 valence electrons. The third kappa shape index (κ3) is 12.9. The third-order valence-electron chi connectivity index (χ3n) is 8.21. The summed E-state index contributed by atoms with van der Waals surface area (Å²) in [4.78, 5) is 20.5. The summed E-state index contributed by atoms with van der Waals surface area (Å²) < 4.78 is 26.6. The van der Waals surface area contributed by atoms with Crippen LogP contribution in [-0.4, -0.2) is 52.9 Å². The van der Waals surface area contributed by atoms with Crippen LogP contribution in [-0.2, 0) is 33.0 Å². The number of aryl methyl sites for hydroxylation is 1. The minimum absolute atomic E-state index is 0.233. The fourth-order valence-corrected chi connectivity index (χ4v) is 6.90. The Kier molecular flexibility index (Phi) is 16.1. The molecule has 0 bridgehead atoms. The van der Waals surface area contributed by atoms with Gasteiger partial charge in [-0.2, -0.15) is 0 Å². The van der Waals surface area contributed by atoms with Gasteiger partial charge in [0, 0.05) is 43.7 Å². The average molecular weight is 713 g/mol. The monoisotopic (exact) mass is 712 g/mol. The quantitative estimate of drug-likeness (QED) is 0.0526. The fraction of sp³-hybridized carbons (Fsp3) is 0.429. The van der Waals surface area contributed by atoms with E-state index in [1.807, 2.05) is 34.9 Å². The van der Waals surface area contributed by atoms with Crippen LogP contribution in [0, 0.1) is 11.8 Å². The van der Waals surface area contributed by atoms with Crippen LogP contribution in [0.3, 0.4) is 0 Å². The summed E-state index contributed by atoms with van der Waals surface area (Å²) in [5.74, 6) is 1.92. The van der Waals surface area contributed by atoms with Crippen LogP contribution in [0.5, 0.6) is 5.75 Å². The summed E-state index contributed by atoms with van der Waals surface area (Å²) in [5.41, 5.74) is 5.79. The molecular weight excluding hydrogens is 657 g/mol. The SMILES string of the molecule is CCCCOCCOc1ccc(-c2ccc(N(CC(C)C)CC(C)C)c(/C=C/C(=O)Nc3ccc([S@@+]([O-])Cc4cncn4CCC)cc3)c2)cc1. The molecule has 0 saturated heterocycles. The molecule has 0 spiro atoms. The first kappa shape index (κ1) is 39.7. The van der Waals surface area contributed by atoms with Gasteiger partial charge in [-0.15, -0.1) is 0 Å². The molecule has 0 aliphatic heterocycles. The van der Waals surface area contributed by atoms with Crippen molar-refractivity contribution < 1.29 is 18.8 Å². The van der Waals surface area contributed by atoms with Crippen molar-refractivity contribution in [2.75, 3.05) is 43.1 Å². The average Bonchev–Trinajstić information content (AvgIpc) is 3.55. The van der Waals surface area contributed by atoms with Gasteiger partial charge in [0.25, 0.3) is 0 Å². The van der Waals surface area contributed by atoms with Gasteiger partial charge in [0.2, 0.25) is 5.91 Å². The molecule has 0 fully saturated rings. The van der Waals surface area contributed by atoms with E-state index in [2.05, 4.69) is 87.1 Å². The van der Waals surface area contributed by atoms with E-state index in [0.717, 1.165) is 79.3 Å². The lowest BCUT2D eigenvalue weighted by molar-refractivity contribution is -0.111. The number of carbonyl (C=O) groups is 1. The number of ether oxygens (including phenoxy) is 2. The normalized spacial score (nSPS) is 12.2. The summed E-state index contributed by atoms with van der Waals surface area (Å²) in [5, 5.41) is 2.97. The number of hydrogen-bond donors (Lipinski definition) is 1. The minimum Gasteiger partial charge on any atom is -0.611 e. The first-order valence-corrected chi connectivity index (χ1v) is 19.6. The van der Waals surface area contributed by atoms with Gasteiger partial charge < -0.3 is 28.8 Å². The van der Waals surface area contributed by atoms with Crippen molar-refractivity contribution in [3.8, 4) is 16.9 Å². The Morgan fingerprint density at radius 3 is 2.29 bits per heavy atom. The molecule has 0 saturated carbocycles. The van der Waals surface area contributed by atoms with E-state index in [1.54, 1.807) is 30.7 Å². The van der Waals surface area contributed by atoms with E-state index in [-0.39, 0.29) is 5.91 Å². The number of benzene rings is 3. The molecule has 51 heavy (non-hydrogen) atoms. The van der Waals surface area contributed by atoms with Crippen molar-refractivity contribution in [2.24, 2.45) is 11.8 Å². The molecule has 1 aromatic heterocycles. The number of hydrogen-bond acceptors (Lipinski definition) is 6. The topological polar surface area (TPSA) is 91.7 Å². The van der Waals surface area contributed by atoms with E-state index in [9.17, 15) is 9.35 Å². The maximum atomic E-state index is 13.2. The number of aromatic nitrogens is 2. The van der Waals surface area contributed by atoms with E-state index in [1.165, 1.54) is 0 Å². The van der Waals surface area contributed by atoms with Crippen molar-refractivity contribution in [1.29, 1.82) is 0 Å². The highest BCUT2D eigenvalue weighted by molar-refractivity contribution is 7.90. The van der Waals surface area contributed by atoms with Crippen molar-refractivity contribution in [2.45, 2.75) is 78.0 Å². The molecule has 3 aromatic carbocycles. The van der Waals surface area contributed by atoms with Gasteiger partial charge in [0.05, 0.1) is 24.8 Å². The summed E-state index contributed by atoms with van der Waals surface area (Å²) in [7, 11) is 0. The molecule has 0 unspecified atom stereocenters. The van der Waals surface area contributed by atoms with Gasteiger partial charge in [-0.05, 0) is 107 Å².